The van der Waals surface area contributed by atoms with E-state index in [1.54, 1.807) is 0 Å². The molecule has 28 heavy (non-hydrogen) atoms. The summed E-state index contributed by atoms with van der Waals surface area (Å²) >= 11 is 0. The van der Waals surface area contributed by atoms with Gasteiger partial charge in [0.2, 0.25) is 0 Å². The zero-order chi connectivity index (χ0) is 20.7. The van der Waals surface area contributed by atoms with Gasteiger partial charge >= 0.3 is 0 Å². The maximum atomic E-state index is 12.7. The molecule has 0 spiro atoms. The third kappa shape index (κ3) is 6.31. The summed E-state index contributed by atoms with van der Waals surface area (Å²) in [4.78, 5) is 29.7. The highest BCUT2D eigenvalue weighted by molar-refractivity contribution is 5.92. The molecular formula is C22H38N4O2+2. The molecule has 0 radical (unpaired) electrons. The summed E-state index contributed by atoms with van der Waals surface area (Å²) in [6.07, 6.45) is 0.906. The van der Waals surface area contributed by atoms with E-state index in [4.69, 9.17) is 0 Å². The fourth-order valence-corrected chi connectivity index (χ4v) is 4.16. The molecule has 1 saturated heterocycles. The van der Waals surface area contributed by atoms with Crippen LogP contribution in [0.15, 0.2) is 24.3 Å². The van der Waals surface area contributed by atoms with Gasteiger partial charge in [-0.1, -0.05) is 25.1 Å². The molecule has 0 aliphatic carbocycles. The Morgan fingerprint density at radius 2 is 1.50 bits per heavy atom. The Labute approximate surface area is 169 Å². The van der Waals surface area contributed by atoms with Crippen LogP contribution in [-0.2, 0) is 16.0 Å². The van der Waals surface area contributed by atoms with Crippen LogP contribution in [0.25, 0.3) is 0 Å². The molecule has 3 N–H and O–H groups in total. The van der Waals surface area contributed by atoms with Crippen molar-refractivity contribution in [1.29, 1.82) is 0 Å². The SMILES string of the molecule is CCc1ccccc1NC(=O)C[NH+]1CC[NH+](CC(=O)N(C(C)C)C(C)C)CC1. The van der Waals surface area contributed by atoms with Crippen molar-refractivity contribution in [3.8, 4) is 0 Å². The predicted molar refractivity (Wildman–Crippen MR) is 113 cm³/mol. The van der Waals surface area contributed by atoms with Crippen LogP contribution >= 0.6 is 0 Å². The second-order valence-electron chi connectivity index (χ2n) is 8.40. The van der Waals surface area contributed by atoms with Crippen LogP contribution < -0.4 is 15.1 Å². The lowest BCUT2D eigenvalue weighted by atomic mass is 10.1. The van der Waals surface area contributed by atoms with E-state index in [1.165, 1.54) is 15.4 Å². The molecule has 1 aliphatic heterocycles. The number of amides is 2. The first-order chi connectivity index (χ1) is 13.3. The number of para-hydroxylation sites is 1. The molecule has 0 bridgehead atoms. The molecule has 1 aliphatic rings. The van der Waals surface area contributed by atoms with Gasteiger partial charge in [-0.25, -0.2) is 0 Å². The third-order valence-electron chi connectivity index (χ3n) is 5.55. The molecule has 1 aromatic rings. The Hall–Kier alpha value is -1.92. The minimum absolute atomic E-state index is 0.0706. The van der Waals surface area contributed by atoms with Gasteiger partial charge in [0.05, 0.1) is 0 Å². The molecule has 2 amide bonds. The van der Waals surface area contributed by atoms with Crippen molar-refractivity contribution in [3.05, 3.63) is 29.8 Å². The summed E-state index contributed by atoms with van der Waals surface area (Å²) in [6.45, 7) is 15.2. The Bertz CT molecular complexity index is 644. The lowest BCUT2D eigenvalue weighted by Crippen LogP contribution is -3.28. The van der Waals surface area contributed by atoms with Crippen molar-refractivity contribution in [1.82, 2.24) is 4.90 Å². The molecule has 1 aromatic carbocycles. The fraction of sp³-hybridized carbons (Fsp3) is 0.636. The van der Waals surface area contributed by atoms with Crippen molar-refractivity contribution < 1.29 is 19.4 Å². The standard InChI is InChI=1S/C22H36N4O2/c1-6-19-9-7-8-10-20(19)23-21(27)15-24-11-13-25(14-12-24)16-22(28)26(17(2)3)18(4)5/h7-10,17-18H,6,11-16H2,1-5H3,(H,23,27)/p+2. The molecule has 2 rings (SSSR count). The minimum Gasteiger partial charge on any atom is -0.333 e. The van der Waals surface area contributed by atoms with Gasteiger partial charge in [0.25, 0.3) is 11.8 Å². The number of carbonyl (C=O) groups excluding carboxylic acids is 2. The van der Waals surface area contributed by atoms with Crippen LogP contribution in [-0.4, -0.2) is 68.1 Å². The minimum atomic E-state index is 0.0706. The molecule has 1 fully saturated rings. The summed E-state index contributed by atoms with van der Waals surface area (Å²) in [7, 11) is 0. The van der Waals surface area contributed by atoms with Gasteiger partial charge in [0.15, 0.2) is 13.1 Å². The molecular weight excluding hydrogens is 352 g/mol. The number of hydrogen-bond donors (Lipinski definition) is 3. The van der Waals surface area contributed by atoms with Crippen molar-refractivity contribution in [2.75, 3.05) is 44.6 Å². The first kappa shape index (κ1) is 22.4. The Morgan fingerprint density at radius 3 is 2.04 bits per heavy atom. The van der Waals surface area contributed by atoms with E-state index in [0.29, 0.717) is 13.1 Å². The average molecular weight is 391 g/mol. The molecule has 6 heteroatoms. The number of quaternary nitrogens is 2. The lowest BCUT2D eigenvalue weighted by molar-refractivity contribution is -1.00. The highest BCUT2D eigenvalue weighted by Gasteiger charge is 2.29. The average Bonchev–Trinajstić information content (AvgIpc) is 2.63. The third-order valence-corrected chi connectivity index (χ3v) is 5.55. The number of benzene rings is 1. The van der Waals surface area contributed by atoms with Gasteiger partial charge in [-0.2, -0.15) is 0 Å². The molecule has 0 unspecified atom stereocenters. The number of rotatable bonds is 8. The van der Waals surface area contributed by atoms with Crippen LogP contribution in [0.1, 0.15) is 40.2 Å². The van der Waals surface area contributed by atoms with E-state index in [0.717, 1.165) is 38.3 Å². The summed E-state index contributed by atoms with van der Waals surface area (Å²) in [5, 5.41) is 3.06. The molecule has 156 valence electrons. The quantitative estimate of drug-likeness (QED) is 0.567. The lowest BCUT2D eigenvalue weighted by Gasteiger charge is -2.34. The van der Waals surface area contributed by atoms with Gasteiger partial charge in [0, 0.05) is 17.8 Å². The predicted octanol–water partition coefficient (Wildman–Crippen LogP) is -0.384. The summed E-state index contributed by atoms with van der Waals surface area (Å²) in [5.74, 6) is 0.304. The summed E-state index contributed by atoms with van der Waals surface area (Å²) < 4.78 is 0. The van der Waals surface area contributed by atoms with Crippen molar-refractivity contribution in [2.45, 2.75) is 53.1 Å². The Morgan fingerprint density at radius 1 is 0.964 bits per heavy atom. The highest BCUT2D eigenvalue weighted by atomic mass is 16.2. The van der Waals surface area contributed by atoms with Gasteiger partial charge in [0.1, 0.15) is 26.2 Å². The number of nitrogens with one attached hydrogen (secondary N) is 3. The zero-order valence-corrected chi connectivity index (χ0v) is 18.2. The van der Waals surface area contributed by atoms with Crippen LogP contribution in [0.4, 0.5) is 5.69 Å². The van der Waals surface area contributed by atoms with E-state index >= 15 is 0 Å². The van der Waals surface area contributed by atoms with Crippen LogP contribution in [0.3, 0.4) is 0 Å². The smallest absolute Gasteiger partial charge is 0.279 e. The van der Waals surface area contributed by atoms with Crippen molar-refractivity contribution in [3.63, 3.8) is 0 Å². The van der Waals surface area contributed by atoms with E-state index in [1.807, 2.05) is 23.1 Å². The monoisotopic (exact) mass is 390 g/mol. The normalized spacial score (nSPS) is 19.7. The van der Waals surface area contributed by atoms with Gasteiger partial charge in [-0.05, 0) is 45.7 Å². The molecule has 0 atom stereocenters. The van der Waals surface area contributed by atoms with E-state index in [-0.39, 0.29) is 23.9 Å². The zero-order valence-electron chi connectivity index (χ0n) is 18.2. The summed E-state index contributed by atoms with van der Waals surface area (Å²) in [5.41, 5.74) is 2.09. The topological polar surface area (TPSA) is 58.3 Å². The Balaban J connectivity index is 1.79. The van der Waals surface area contributed by atoms with E-state index in [9.17, 15) is 9.59 Å². The second-order valence-corrected chi connectivity index (χ2v) is 8.40. The fourth-order valence-electron chi connectivity index (χ4n) is 4.16. The number of aryl methyl sites for hydroxylation is 1. The van der Waals surface area contributed by atoms with Crippen LogP contribution in [0.5, 0.6) is 0 Å². The molecule has 1 heterocycles. The largest absolute Gasteiger partial charge is 0.333 e. The van der Waals surface area contributed by atoms with E-state index < -0.39 is 0 Å². The van der Waals surface area contributed by atoms with Gasteiger partial charge in [-0.15, -0.1) is 0 Å². The molecule has 6 nitrogen and oxygen atoms in total. The summed E-state index contributed by atoms with van der Waals surface area (Å²) in [6, 6.07) is 8.44. The maximum absolute atomic E-state index is 12.7. The van der Waals surface area contributed by atoms with Gasteiger partial charge < -0.3 is 20.0 Å². The number of carbonyl (C=O) groups is 2. The number of piperazine rings is 1. The second kappa shape index (κ2) is 10.6. The first-order valence-electron chi connectivity index (χ1n) is 10.7. The van der Waals surface area contributed by atoms with Crippen molar-refractivity contribution in [2.24, 2.45) is 0 Å². The number of nitrogens with zero attached hydrogens (tertiary/aromatic N) is 1. The van der Waals surface area contributed by atoms with Crippen LogP contribution in [0, 0.1) is 0 Å². The van der Waals surface area contributed by atoms with Crippen LogP contribution in [0.2, 0.25) is 0 Å². The van der Waals surface area contributed by atoms with Crippen molar-refractivity contribution >= 4 is 17.5 Å². The number of anilines is 1. The molecule has 0 aromatic heterocycles. The van der Waals surface area contributed by atoms with Gasteiger partial charge in [-0.3, -0.25) is 9.59 Å². The highest BCUT2D eigenvalue weighted by Crippen LogP contribution is 2.14. The van der Waals surface area contributed by atoms with E-state index in [2.05, 4.69) is 46.0 Å². The number of hydrogen-bond acceptors (Lipinski definition) is 2. The maximum Gasteiger partial charge on any atom is 0.279 e. The first-order valence-corrected chi connectivity index (χ1v) is 10.7. The Kier molecular flexibility index (Phi) is 8.45. The molecule has 0 saturated carbocycles.